The summed E-state index contributed by atoms with van der Waals surface area (Å²) in [5.74, 6) is -1.09. The number of carbonyl (C=O) groups is 1. The number of fused-ring (bicyclic) bond motifs is 2. The van der Waals surface area contributed by atoms with Crippen LogP contribution in [0.15, 0.2) is 42.5 Å². The maximum absolute atomic E-state index is 13.1. The first kappa shape index (κ1) is 20.7. The van der Waals surface area contributed by atoms with Crippen molar-refractivity contribution in [2.24, 2.45) is 0 Å². The van der Waals surface area contributed by atoms with Gasteiger partial charge in [-0.2, -0.15) is 0 Å². The number of hydrogen-bond acceptors (Lipinski definition) is 7. The van der Waals surface area contributed by atoms with Crippen molar-refractivity contribution in [3.05, 3.63) is 58.1 Å². The monoisotopic (exact) mass is 459 g/mol. The van der Waals surface area contributed by atoms with E-state index < -0.39 is 5.79 Å². The molecule has 0 aliphatic carbocycles. The van der Waals surface area contributed by atoms with Gasteiger partial charge in [0.1, 0.15) is 5.75 Å². The number of hydrogen-bond donors (Lipinski definition) is 1. The third-order valence-corrected chi connectivity index (χ3v) is 7.42. The number of ether oxygens (including phenoxy) is 2. The van der Waals surface area contributed by atoms with E-state index in [2.05, 4.69) is 9.88 Å². The van der Waals surface area contributed by atoms with Crippen molar-refractivity contribution in [1.29, 1.82) is 0 Å². The van der Waals surface area contributed by atoms with Gasteiger partial charge in [0.05, 0.1) is 47.1 Å². The van der Waals surface area contributed by atoms with Crippen molar-refractivity contribution < 1.29 is 19.4 Å². The lowest BCUT2D eigenvalue weighted by Crippen LogP contribution is -2.63. The molecule has 3 heterocycles. The standard InChI is InChI=1S/C22H22ClN3O4S/c1-29-17-7-4-5-15(19(17)23)20(27)25-9-10-26-13-22(28,30-12-14(26)11-25)21-24-16-6-2-3-8-18(16)31-21/h2-8,14,28H,9-13H2,1H3/t14-,22-/m0/s1. The first-order chi connectivity index (χ1) is 15.0. The molecule has 2 saturated heterocycles. The van der Waals surface area contributed by atoms with E-state index in [0.29, 0.717) is 54.1 Å². The highest BCUT2D eigenvalue weighted by Crippen LogP contribution is 2.36. The van der Waals surface area contributed by atoms with Crippen LogP contribution in [0, 0.1) is 0 Å². The van der Waals surface area contributed by atoms with Crippen molar-refractivity contribution in [2.75, 3.05) is 39.9 Å². The summed E-state index contributed by atoms with van der Waals surface area (Å²) >= 11 is 7.80. The Morgan fingerprint density at radius 1 is 1.29 bits per heavy atom. The zero-order valence-corrected chi connectivity index (χ0v) is 18.5. The summed E-state index contributed by atoms with van der Waals surface area (Å²) in [6.07, 6.45) is 0. The van der Waals surface area contributed by atoms with E-state index in [9.17, 15) is 9.90 Å². The molecule has 162 valence electrons. The minimum absolute atomic E-state index is 0.00302. The summed E-state index contributed by atoms with van der Waals surface area (Å²) in [5.41, 5.74) is 1.28. The highest BCUT2D eigenvalue weighted by atomic mass is 35.5. The molecular formula is C22H22ClN3O4S. The molecule has 2 aliphatic heterocycles. The second-order valence-electron chi connectivity index (χ2n) is 7.78. The molecule has 0 bridgehead atoms. The fourth-order valence-electron chi connectivity index (χ4n) is 4.17. The van der Waals surface area contributed by atoms with Gasteiger partial charge in [0.25, 0.3) is 5.91 Å². The summed E-state index contributed by atoms with van der Waals surface area (Å²) in [4.78, 5) is 21.6. The highest BCUT2D eigenvalue weighted by molar-refractivity contribution is 7.18. The van der Waals surface area contributed by atoms with E-state index in [-0.39, 0.29) is 11.9 Å². The molecule has 7 nitrogen and oxygen atoms in total. The molecule has 1 aromatic heterocycles. The molecule has 0 radical (unpaired) electrons. The Balaban J connectivity index is 1.31. The van der Waals surface area contributed by atoms with E-state index in [4.69, 9.17) is 21.1 Å². The van der Waals surface area contributed by atoms with Gasteiger partial charge in [0.15, 0.2) is 5.01 Å². The molecule has 2 fully saturated rings. The number of halogens is 1. The molecule has 2 aromatic carbocycles. The van der Waals surface area contributed by atoms with Crippen LogP contribution in [0.5, 0.6) is 5.75 Å². The van der Waals surface area contributed by atoms with Crippen LogP contribution < -0.4 is 4.74 Å². The first-order valence-electron chi connectivity index (χ1n) is 10.1. The lowest BCUT2D eigenvalue weighted by atomic mass is 10.1. The van der Waals surface area contributed by atoms with Gasteiger partial charge in [-0.3, -0.25) is 9.69 Å². The number of thiazole rings is 1. The molecule has 0 spiro atoms. The van der Waals surface area contributed by atoms with Crippen molar-refractivity contribution >= 4 is 39.1 Å². The van der Waals surface area contributed by atoms with Gasteiger partial charge in [-0.15, -0.1) is 11.3 Å². The summed E-state index contributed by atoms with van der Waals surface area (Å²) in [5, 5.41) is 12.1. The van der Waals surface area contributed by atoms with Gasteiger partial charge < -0.3 is 19.5 Å². The van der Waals surface area contributed by atoms with Crippen LogP contribution in [-0.4, -0.2) is 71.7 Å². The van der Waals surface area contributed by atoms with E-state index in [1.54, 1.807) is 23.1 Å². The lowest BCUT2D eigenvalue weighted by Gasteiger charge is -2.48. The van der Waals surface area contributed by atoms with E-state index >= 15 is 0 Å². The topological polar surface area (TPSA) is 75.1 Å². The smallest absolute Gasteiger partial charge is 0.255 e. The molecule has 2 atom stereocenters. The molecule has 3 aromatic rings. The number of carbonyl (C=O) groups excluding carboxylic acids is 1. The molecule has 2 aliphatic rings. The second-order valence-corrected chi connectivity index (χ2v) is 9.19. The van der Waals surface area contributed by atoms with Crippen LogP contribution in [0.2, 0.25) is 5.02 Å². The molecule has 1 N–H and O–H groups in total. The first-order valence-corrected chi connectivity index (χ1v) is 11.3. The van der Waals surface area contributed by atoms with Crippen LogP contribution >= 0.6 is 22.9 Å². The normalized spacial score (nSPS) is 24.2. The number of amides is 1. The number of morpholine rings is 1. The zero-order valence-electron chi connectivity index (χ0n) is 17.0. The molecule has 9 heteroatoms. The third-order valence-electron chi connectivity index (χ3n) is 5.87. The third kappa shape index (κ3) is 3.68. The van der Waals surface area contributed by atoms with Crippen molar-refractivity contribution in [2.45, 2.75) is 11.8 Å². The van der Waals surface area contributed by atoms with Crippen LogP contribution in [0.4, 0.5) is 0 Å². The van der Waals surface area contributed by atoms with E-state index in [1.165, 1.54) is 18.4 Å². The van der Waals surface area contributed by atoms with Crippen LogP contribution in [0.3, 0.4) is 0 Å². The average molecular weight is 460 g/mol. The maximum atomic E-state index is 13.1. The molecular weight excluding hydrogens is 438 g/mol. The van der Waals surface area contributed by atoms with Gasteiger partial charge in [-0.1, -0.05) is 29.8 Å². The predicted octanol–water partition coefficient (Wildman–Crippen LogP) is 2.96. The fraction of sp³-hybridized carbons (Fsp3) is 0.364. The minimum atomic E-state index is -1.44. The van der Waals surface area contributed by atoms with Crippen LogP contribution in [0.25, 0.3) is 10.2 Å². The Morgan fingerprint density at radius 2 is 2.13 bits per heavy atom. The average Bonchev–Trinajstić information content (AvgIpc) is 3.24. The number of aliphatic hydroxyl groups is 1. The Labute approximate surface area is 188 Å². The van der Waals surface area contributed by atoms with E-state index in [1.807, 2.05) is 24.3 Å². The zero-order chi connectivity index (χ0) is 21.6. The summed E-state index contributed by atoms with van der Waals surface area (Å²) in [7, 11) is 1.53. The van der Waals surface area contributed by atoms with Gasteiger partial charge >= 0.3 is 0 Å². The van der Waals surface area contributed by atoms with Gasteiger partial charge in [-0.25, -0.2) is 4.98 Å². The second kappa shape index (κ2) is 8.03. The fourth-order valence-corrected chi connectivity index (χ4v) is 5.46. The van der Waals surface area contributed by atoms with Gasteiger partial charge in [-0.05, 0) is 24.3 Å². The van der Waals surface area contributed by atoms with Crippen LogP contribution in [-0.2, 0) is 10.5 Å². The number of benzene rings is 2. The van der Waals surface area contributed by atoms with Crippen molar-refractivity contribution in [1.82, 2.24) is 14.8 Å². The number of methoxy groups -OCH3 is 1. The summed E-state index contributed by atoms with van der Waals surface area (Å²) in [6, 6.07) is 13.0. The number of piperazine rings is 1. The maximum Gasteiger partial charge on any atom is 0.255 e. The van der Waals surface area contributed by atoms with Gasteiger partial charge in [0, 0.05) is 19.6 Å². The highest BCUT2D eigenvalue weighted by Gasteiger charge is 2.45. The number of rotatable bonds is 3. The Kier molecular flexibility index (Phi) is 5.35. The molecule has 0 saturated carbocycles. The van der Waals surface area contributed by atoms with Crippen molar-refractivity contribution in [3.8, 4) is 5.75 Å². The van der Waals surface area contributed by atoms with E-state index in [0.717, 1.165) is 10.2 Å². The quantitative estimate of drug-likeness (QED) is 0.649. The number of aromatic nitrogens is 1. The Morgan fingerprint density at radius 3 is 2.94 bits per heavy atom. The molecule has 0 unspecified atom stereocenters. The summed E-state index contributed by atoms with van der Waals surface area (Å²) in [6.45, 7) is 2.30. The summed E-state index contributed by atoms with van der Waals surface area (Å²) < 4.78 is 12.2. The Bertz CT molecular complexity index is 1110. The lowest BCUT2D eigenvalue weighted by molar-refractivity contribution is -0.265. The van der Waals surface area contributed by atoms with Crippen molar-refractivity contribution in [3.63, 3.8) is 0 Å². The largest absolute Gasteiger partial charge is 0.495 e. The number of para-hydroxylation sites is 1. The van der Waals surface area contributed by atoms with Gasteiger partial charge in [0.2, 0.25) is 5.79 Å². The SMILES string of the molecule is COc1cccc(C(=O)N2CCN3C[C@@](O)(c4nc5ccccc5s4)OC[C@@H]3C2)c1Cl. The van der Waals surface area contributed by atoms with Crippen LogP contribution in [0.1, 0.15) is 15.4 Å². The molecule has 5 rings (SSSR count). The Hall–Kier alpha value is -2.23. The number of nitrogens with zero attached hydrogens (tertiary/aromatic N) is 3. The predicted molar refractivity (Wildman–Crippen MR) is 119 cm³/mol. The minimum Gasteiger partial charge on any atom is -0.495 e. The molecule has 1 amide bonds. The molecule has 31 heavy (non-hydrogen) atoms.